The maximum Gasteiger partial charge on any atom is 0.259 e. The van der Waals surface area contributed by atoms with E-state index in [0.717, 1.165) is 28.9 Å². The number of fused-ring (bicyclic) bond motifs is 1. The van der Waals surface area contributed by atoms with Crippen molar-refractivity contribution in [3.8, 4) is 0 Å². The van der Waals surface area contributed by atoms with Crippen LogP contribution >= 0.6 is 11.3 Å². The second-order valence-corrected chi connectivity index (χ2v) is 7.69. The third-order valence-corrected chi connectivity index (χ3v) is 5.07. The molecule has 3 heterocycles. The van der Waals surface area contributed by atoms with Crippen LogP contribution in [0.15, 0.2) is 12.3 Å². The van der Waals surface area contributed by atoms with Crippen molar-refractivity contribution in [2.24, 2.45) is 0 Å². The van der Waals surface area contributed by atoms with Crippen LogP contribution in [-0.4, -0.2) is 30.9 Å². The fourth-order valence-corrected chi connectivity index (χ4v) is 3.55. The maximum atomic E-state index is 12.6. The van der Waals surface area contributed by atoms with Crippen LogP contribution < -0.4 is 5.32 Å². The first-order valence-electron chi connectivity index (χ1n) is 8.98. The van der Waals surface area contributed by atoms with Crippen LogP contribution in [0, 0.1) is 6.92 Å². The van der Waals surface area contributed by atoms with Gasteiger partial charge < -0.3 is 0 Å². The van der Waals surface area contributed by atoms with Crippen LogP contribution in [0.3, 0.4) is 0 Å². The molecule has 0 unspecified atom stereocenters. The molecule has 7 nitrogen and oxygen atoms in total. The molecule has 0 saturated heterocycles. The number of rotatable bonds is 7. The van der Waals surface area contributed by atoms with Gasteiger partial charge in [-0.3, -0.25) is 10.1 Å². The highest BCUT2D eigenvalue weighted by Crippen LogP contribution is 2.22. The van der Waals surface area contributed by atoms with Crippen LogP contribution in [0.25, 0.3) is 11.0 Å². The number of nitrogens with one attached hydrogen (secondary N) is 1. The van der Waals surface area contributed by atoms with Crippen molar-refractivity contribution in [3.05, 3.63) is 28.5 Å². The molecule has 0 aromatic carbocycles. The Morgan fingerprint density at radius 2 is 2.12 bits per heavy atom. The summed E-state index contributed by atoms with van der Waals surface area (Å²) in [6.07, 6.45) is 6.09. The van der Waals surface area contributed by atoms with Gasteiger partial charge in [-0.1, -0.05) is 31.1 Å². The summed E-state index contributed by atoms with van der Waals surface area (Å²) in [6.45, 7) is 8.11. The number of pyridine rings is 1. The fourth-order valence-electron chi connectivity index (χ4n) is 2.77. The van der Waals surface area contributed by atoms with Gasteiger partial charge in [0.05, 0.1) is 17.5 Å². The molecule has 0 saturated carbocycles. The van der Waals surface area contributed by atoms with Gasteiger partial charge in [0.15, 0.2) is 5.65 Å². The van der Waals surface area contributed by atoms with Gasteiger partial charge in [0, 0.05) is 17.8 Å². The molecule has 0 aliphatic rings. The summed E-state index contributed by atoms with van der Waals surface area (Å²) in [4.78, 5) is 17.2. The summed E-state index contributed by atoms with van der Waals surface area (Å²) in [6, 6.07) is 2.05. The van der Waals surface area contributed by atoms with Crippen molar-refractivity contribution in [1.82, 2.24) is 25.0 Å². The van der Waals surface area contributed by atoms with E-state index in [2.05, 4.69) is 46.4 Å². The largest absolute Gasteiger partial charge is 0.296 e. The third-order valence-electron chi connectivity index (χ3n) is 4.17. The number of carbonyl (C=O) groups is 1. The lowest BCUT2D eigenvalue weighted by Gasteiger charge is -2.08. The minimum absolute atomic E-state index is 0.214. The molecule has 138 valence electrons. The summed E-state index contributed by atoms with van der Waals surface area (Å²) < 4.78 is 1.86. The Balaban J connectivity index is 1.76. The molecule has 0 atom stereocenters. The highest BCUT2D eigenvalue weighted by Gasteiger charge is 2.17. The molecule has 3 rings (SSSR count). The highest BCUT2D eigenvalue weighted by atomic mass is 32.1. The second-order valence-electron chi connectivity index (χ2n) is 6.63. The van der Waals surface area contributed by atoms with Crippen molar-refractivity contribution in [1.29, 1.82) is 0 Å². The molecule has 0 aliphatic heterocycles. The van der Waals surface area contributed by atoms with Gasteiger partial charge in [0.25, 0.3) is 5.91 Å². The van der Waals surface area contributed by atoms with Crippen LogP contribution in [-0.2, 0) is 6.42 Å². The Bertz CT molecular complexity index is 914. The van der Waals surface area contributed by atoms with E-state index in [0.29, 0.717) is 16.4 Å². The van der Waals surface area contributed by atoms with Crippen molar-refractivity contribution in [2.45, 2.75) is 59.4 Å². The van der Waals surface area contributed by atoms with Crippen molar-refractivity contribution in [2.75, 3.05) is 5.32 Å². The number of aryl methyl sites for hydroxylation is 2. The summed E-state index contributed by atoms with van der Waals surface area (Å²) in [5, 5.41) is 17.8. The number of aromatic nitrogens is 5. The van der Waals surface area contributed by atoms with Crippen LogP contribution in [0.5, 0.6) is 0 Å². The molecule has 26 heavy (non-hydrogen) atoms. The number of amides is 1. The molecule has 0 fully saturated rings. The molecule has 8 heteroatoms. The Morgan fingerprint density at radius 3 is 2.85 bits per heavy atom. The van der Waals surface area contributed by atoms with Crippen molar-refractivity contribution in [3.63, 3.8) is 0 Å². The van der Waals surface area contributed by atoms with E-state index in [-0.39, 0.29) is 11.9 Å². The van der Waals surface area contributed by atoms with Crippen LogP contribution in [0.2, 0.25) is 0 Å². The van der Waals surface area contributed by atoms with Gasteiger partial charge in [-0.25, -0.2) is 9.67 Å². The number of anilines is 1. The van der Waals surface area contributed by atoms with E-state index in [1.807, 2.05) is 17.7 Å². The Hall–Kier alpha value is -2.35. The number of hydrogen-bond acceptors (Lipinski definition) is 6. The molecule has 0 radical (unpaired) electrons. The molecule has 1 amide bonds. The van der Waals surface area contributed by atoms with Gasteiger partial charge in [-0.15, -0.1) is 10.2 Å². The van der Waals surface area contributed by atoms with Crippen LogP contribution in [0.1, 0.15) is 67.1 Å². The Morgan fingerprint density at radius 1 is 1.31 bits per heavy atom. The molecule has 0 aliphatic carbocycles. The third kappa shape index (κ3) is 3.90. The lowest BCUT2D eigenvalue weighted by atomic mass is 10.1. The van der Waals surface area contributed by atoms with Gasteiger partial charge in [0.2, 0.25) is 5.13 Å². The topological polar surface area (TPSA) is 85.6 Å². The van der Waals surface area contributed by atoms with Crippen molar-refractivity contribution >= 4 is 33.4 Å². The summed E-state index contributed by atoms with van der Waals surface area (Å²) >= 11 is 1.43. The van der Waals surface area contributed by atoms with E-state index in [1.165, 1.54) is 24.2 Å². The minimum Gasteiger partial charge on any atom is -0.296 e. The first kappa shape index (κ1) is 18.4. The minimum atomic E-state index is -0.217. The van der Waals surface area contributed by atoms with Gasteiger partial charge in [0.1, 0.15) is 5.01 Å². The lowest BCUT2D eigenvalue weighted by molar-refractivity contribution is 0.102. The molecule has 0 spiro atoms. The van der Waals surface area contributed by atoms with Gasteiger partial charge in [-0.05, 0) is 33.3 Å². The standard InChI is InChI=1S/C18H24N6OS/c1-5-6-7-8-15-22-23-18(26-15)21-17(25)14-9-13-10-19-24(11(2)3)16(13)20-12(14)4/h9-11H,5-8H2,1-4H3,(H,21,23,25). The van der Waals surface area contributed by atoms with E-state index < -0.39 is 0 Å². The number of hydrogen-bond donors (Lipinski definition) is 1. The quantitative estimate of drug-likeness (QED) is 0.630. The summed E-state index contributed by atoms with van der Waals surface area (Å²) in [5.41, 5.74) is 2.00. The predicted molar refractivity (Wildman–Crippen MR) is 104 cm³/mol. The monoisotopic (exact) mass is 372 g/mol. The van der Waals surface area contributed by atoms with Gasteiger partial charge in [-0.2, -0.15) is 5.10 Å². The maximum absolute atomic E-state index is 12.6. The predicted octanol–water partition coefficient (Wildman–Crippen LogP) is 4.16. The van der Waals surface area contributed by atoms with E-state index in [1.54, 1.807) is 6.20 Å². The van der Waals surface area contributed by atoms with Crippen molar-refractivity contribution < 1.29 is 4.79 Å². The molecule has 0 bridgehead atoms. The van der Waals surface area contributed by atoms with E-state index in [9.17, 15) is 4.79 Å². The van der Waals surface area contributed by atoms with E-state index >= 15 is 0 Å². The fraction of sp³-hybridized carbons (Fsp3) is 0.500. The lowest BCUT2D eigenvalue weighted by Crippen LogP contribution is -2.14. The van der Waals surface area contributed by atoms with E-state index in [4.69, 9.17) is 0 Å². The zero-order valence-corrected chi connectivity index (χ0v) is 16.4. The number of carbonyl (C=O) groups excluding carboxylic acids is 1. The zero-order valence-electron chi connectivity index (χ0n) is 15.6. The second kappa shape index (κ2) is 7.90. The highest BCUT2D eigenvalue weighted by molar-refractivity contribution is 7.15. The number of nitrogens with zero attached hydrogens (tertiary/aromatic N) is 5. The Kier molecular flexibility index (Phi) is 5.61. The zero-order chi connectivity index (χ0) is 18.7. The van der Waals surface area contributed by atoms with Crippen LogP contribution in [0.4, 0.5) is 5.13 Å². The first-order valence-corrected chi connectivity index (χ1v) is 9.79. The van der Waals surface area contributed by atoms with Gasteiger partial charge >= 0.3 is 0 Å². The molecule has 3 aromatic heterocycles. The Labute approximate surface area is 156 Å². The summed E-state index contributed by atoms with van der Waals surface area (Å²) in [5.74, 6) is -0.217. The normalized spacial score (nSPS) is 11.4. The molecular formula is C18H24N6OS. The smallest absolute Gasteiger partial charge is 0.259 e. The average Bonchev–Trinajstić information content (AvgIpc) is 3.20. The average molecular weight is 372 g/mol. The first-order chi connectivity index (χ1) is 12.5. The summed E-state index contributed by atoms with van der Waals surface area (Å²) in [7, 11) is 0. The molecular weight excluding hydrogens is 348 g/mol. The molecule has 1 N–H and O–H groups in total. The SMILES string of the molecule is CCCCCc1nnc(NC(=O)c2cc3cnn(C(C)C)c3nc2C)s1. The number of unbranched alkanes of at least 4 members (excludes halogenated alkanes) is 2. The molecule has 3 aromatic rings.